The Morgan fingerprint density at radius 2 is 1.84 bits per heavy atom. The van der Waals surface area contributed by atoms with E-state index in [1.807, 2.05) is 0 Å². The van der Waals surface area contributed by atoms with Crippen molar-refractivity contribution in [1.29, 1.82) is 0 Å². The Labute approximate surface area is 180 Å². The topological polar surface area (TPSA) is 86.5 Å². The number of ether oxygens (including phenoxy) is 2. The molecule has 0 fully saturated rings. The fourth-order valence-electron chi connectivity index (χ4n) is 2.38. The van der Waals surface area contributed by atoms with Crippen molar-refractivity contribution in [2.24, 2.45) is 0 Å². The van der Waals surface area contributed by atoms with Crippen LogP contribution in [-0.4, -0.2) is 23.7 Å². The van der Waals surface area contributed by atoms with Gasteiger partial charge >= 0.3 is 13.0 Å². The number of nitrogens with one attached hydrogen (secondary N) is 1. The summed E-state index contributed by atoms with van der Waals surface area (Å²) in [4.78, 5) is 16.7. The molecule has 2 aromatic carbocycles. The van der Waals surface area contributed by atoms with Crippen LogP contribution in [0.3, 0.4) is 0 Å². The second-order valence-electron chi connectivity index (χ2n) is 5.78. The normalized spacial score (nSPS) is 11.5. The number of hydrogen-bond acceptors (Lipinski definition) is 7. The van der Waals surface area contributed by atoms with Gasteiger partial charge in [-0.2, -0.15) is 8.78 Å². The van der Waals surface area contributed by atoms with Gasteiger partial charge in [-0.15, -0.1) is 13.2 Å². The molecule has 1 heterocycles. The number of nitrogens with two attached hydrogens (primary N) is 1. The van der Waals surface area contributed by atoms with Gasteiger partial charge in [-0.1, -0.05) is 22.9 Å². The number of alkyl halides is 5. The largest absolute Gasteiger partial charge is 0.573 e. The quantitative estimate of drug-likeness (QED) is 0.326. The maximum Gasteiger partial charge on any atom is 0.573 e. The molecule has 6 nitrogen and oxygen atoms in total. The van der Waals surface area contributed by atoms with E-state index in [1.165, 1.54) is 36.4 Å². The predicted octanol–water partition coefficient (Wildman–Crippen LogP) is 5.85. The van der Waals surface area contributed by atoms with Crippen molar-refractivity contribution in [3.05, 3.63) is 57.9 Å². The number of rotatable bonds is 7. The number of carbonyl (C=O) groups excluding carboxylic acids is 1. The Morgan fingerprint density at radius 1 is 1.16 bits per heavy atom. The highest BCUT2D eigenvalue weighted by Crippen LogP contribution is 2.35. The summed E-state index contributed by atoms with van der Waals surface area (Å²) in [5.74, 6) is -1.28. The van der Waals surface area contributed by atoms with Gasteiger partial charge in [0, 0.05) is 11.3 Å². The first kappa shape index (κ1) is 22.6. The summed E-state index contributed by atoms with van der Waals surface area (Å²) in [7, 11) is 0. The van der Waals surface area contributed by atoms with Crippen molar-refractivity contribution in [3.8, 4) is 11.5 Å². The van der Waals surface area contributed by atoms with Crippen LogP contribution in [0.5, 0.6) is 11.5 Å². The van der Waals surface area contributed by atoms with Crippen LogP contribution in [0.15, 0.2) is 42.5 Å². The molecule has 0 unspecified atom stereocenters. The molecular weight excluding hydrogens is 469 g/mol. The molecule has 0 saturated heterocycles. The predicted molar refractivity (Wildman–Crippen MR) is 104 cm³/mol. The van der Waals surface area contributed by atoms with Crippen LogP contribution in [0.25, 0.3) is 0 Å². The second kappa shape index (κ2) is 8.94. The molecule has 0 bridgehead atoms. The molecule has 0 aliphatic heterocycles. The van der Waals surface area contributed by atoms with E-state index in [-0.39, 0.29) is 37.8 Å². The molecule has 31 heavy (non-hydrogen) atoms. The van der Waals surface area contributed by atoms with Crippen LogP contribution in [0.4, 0.5) is 38.6 Å². The van der Waals surface area contributed by atoms with Gasteiger partial charge in [-0.3, -0.25) is 4.79 Å². The maximum absolute atomic E-state index is 12.6. The Bertz CT molecular complexity index is 1090. The number of nitrogen functional groups attached to an aromatic ring is 1. The third-order valence-electron chi connectivity index (χ3n) is 3.61. The highest BCUT2D eigenvalue weighted by molar-refractivity contribution is 7.18. The van der Waals surface area contributed by atoms with Crippen molar-refractivity contribution >= 4 is 45.4 Å². The molecule has 3 aromatic rings. The van der Waals surface area contributed by atoms with Crippen LogP contribution < -0.4 is 20.5 Å². The molecule has 0 spiro atoms. The lowest BCUT2D eigenvalue weighted by atomic mass is 10.1. The highest BCUT2D eigenvalue weighted by atomic mass is 35.5. The van der Waals surface area contributed by atoms with Crippen LogP contribution in [-0.2, 0) is 0 Å². The van der Waals surface area contributed by atoms with Crippen molar-refractivity contribution < 1.29 is 36.2 Å². The van der Waals surface area contributed by atoms with Gasteiger partial charge in [0.2, 0.25) is 5.78 Å². The number of thiazole rings is 1. The van der Waals surface area contributed by atoms with Crippen molar-refractivity contribution in [2.45, 2.75) is 13.0 Å². The van der Waals surface area contributed by atoms with E-state index >= 15 is 0 Å². The van der Waals surface area contributed by atoms with Gasteiger partial charge in [0.1, 0.15) is 22.2 Å². The summed E-state index contributed by atoms with van der Waals surface area (Å²) in [5, 5.41) is 2.67. The van der Waals surface area contributed by atoms with Crippen molar-refractivity contribution in [1.82, 2.24) is 4.98 Å². The standard InChI is InChI=1S/C18H11ClF5N3O3S/c19-11-7-9(3-6-12(11)30-18(22,23)24)26-17-27-15(25)14(31-17)13(28)8-1-4-10(5-2-8)29-16(20)21/h1-7,16H,25H2,(H,26,27). The number of aromatic nitrogens is 1. The van der Waals surface area contributed by atoms with E-state index in [0.29, 0.717) is 0 Å². The van der Waals surface area contributed by atoms with Crippen LogP contribution in [0.2, 0.25) is 5.02 Å². The van der Waals surface area contributed by atoms with E-state index in [0.717, 1.165) is 17.4 Å². The van der Waals surface area contributed by atoms with Gasteiger partial charge < -0.3 is 20.5 Å². The zero-order valence-electron chi connectivity index (χ0n) is 15.0. The molecule has 164 valence electrons. The molecule has 13 heteroatoms. The average Bonchev–Trinajstić information content (AvgIpc) is 3.02. The van der Waals surface area contributed by atoms with Gasteiger partial charge in [-0.25, -0.2) is 4.98 Å². The summed E-state index contributed by atoms with van der Waals surface area (Å²) >= 11 is 6.68. The second-order valence-corrected chi connectivity index (χ2v) is 7.19. The van der Waals surface area contributed by atoms with Gasteiger partial charge in [0.05, 0.1) is 5.02 Å². The summed E-state index contributed by atoms with van der Waals surface area (Å²) < 4.78 is 69.4. The van der Waals surface area contributed by atoms with E-state index in [2.05, 4.69) is 19.8 Å². The first-order valence-electron chi connectivity index (χ1n) is 8.20. The number of benzene rings is 2. The van der Waals surface area contributed by atoms with E-state index in [1.54, 1.807) is 0 Å². The SMILES string of the molecule is Nc1nc(Nc2ccc(OC(F)(F)F)c(Cl)c2)sc1C(=O)c1ccc(OC(F)F)cc1. The molecule has 0 atom stereocenters. The zero-order valence-corrected chi connectivity index (χ0v) is 16.6. The van der Waals surface area contributed by atoms with Crippen LogP contribution in [0, 0.1) is 0 Å². The number of carbonyl (C=O) groups is 1. The molecule has 3 rings (SSSR count). The fourth-order valence-corrected chi connectivity index (χ4v) is 3.46. The average molecular weight is 480 g/mol. The monoisotopic (exact) mass is 479 g/mol. The molecular formula is C18H11ClF5N3O3S. The third kappa shape index (κ3) is 5.95. The lowest BCUT2D eigenvalue weighted by molar-refractivity contribution is -0.274. The number of anilines is 3. The summed E-state index contributed by atoms with van der Waals surface area (Å²) in [6, 6.07) is 8.49. The smallest absolute Gasteiger partial charge is 0.435 e. The van der Waals surface area contributed by atoms with Crippen molar-refractivity contribution in [3.63, 3.8) is 0 Å². The fraction of sp³-hybridized carbons (Fsp3) is 0.111. The Kier molecular flexibility index (Phi) is 6.51. The maximum atomic E-state index is 12.6. The summed E-state index contributed by atoms with van der Waals surface area (Å²) in [5.41, 5.74) is 6.24. The summed E-state index contributed by atoms with van der Waals surface area (Å²) in [6.45, 7) is -2.99. The van der Waals surface area contributed by atoms with E-state index in [4.69, 9.17) is 17.3 Å². The first-order chi connectivity index (χ1) is 14.5. The van der Waals surface area contributed by atoms with Crippen LogP contribution >= 0.6 is 22.9 Å². The third-order valence-corrected chi connectivity index (χ3v) is 4.89. The summed E-state index contributed by atoms with van der Waals surface area (Å²) in [6.07, 6.45) is -4.89. The number of hydrogen-bond donors (Lipinski definition) is 2. The number of ketones is 1. The highest BCUT2D eigenvalue weighted by Gasteiger charge is 2.32. The van der Waals surface area contributed by atoms with Crippen molar-refractivity contribution in [2.75, 3.05) is 11.1 Å². The van der Waals surface area contributed by atoms with Gasteiger partial charge in [-0.05, 0) is 42.5 Å². The first-order valence-corrected chi connectivity index (χ1v) is 9.39. The number of nitrogens with zero attached hydrogens (tertiary/aromatic N) is 1. The lowest BCUT2D eigenvalue weighted by Gasteiger charge is -2.11. The molecule has 0 amide bonds. The molecule has 0 aliphatic rings. The van der Waals surface area contributed by atoms with Crippen LogP contribution in [0.1, 0.15) is 15.2 Å². The van der Waals surface area contributed by atoms with E-state index < -0.39 is 24.5 Å². The minimum atomic E-state index is -4.89. The molecule has 0 aliphatic carbocycles. The Morgan fingerprint density at radius 3 is 2.42 bits per heavy atom. The lowest BCUT2D eigenvalue weighted by Crippen LogP contribution is -2.17. The molecule has 3 N–H and O–H groups in total. The zero-order chi connectivity index (χ0) is 22.8. The van der Waals surface area contributed by atoms with Gasteiger partial charge in [0.25, 0.3) is 0 Å². The molecule has 1 aromatic heterocycles. The van der Waals surface area contributed by atoms with Gasteiger partial charge in [0.15, 0.2) is 5.13 Å². The Hall–Kier alpha value is -3.12. The minimum Gasteiger partial charge on any atom is -0.435 e. The van der Waals surface area contributed by atoms with E-state index in [9.17, 15) is 26.7 Å². The number of halogens is 6. The Balaban J connectivity index is 1.75. The minimum absolute atomic E-state index is 0.0770. The molecule has 0 saturated carbocycles. The molecule has 0 radical (unpaired) electrons.